The van der Waals surface area contributed by atoms with Gasteiger partial charge >= 0.3 is 5.97 Å². The quantitative estimate of drug-likeness (QED) is 0.850. The van der Waals surface area contributed by atoms with Crippen molar-refractivity contribution in [1.82, 2.24) is 10.3 Å². The van der Waals surface area contributed by atoms with Gasteiger partial charge in [-0.05, 0) is 36.6 Å². The number of ether oxygens (including phenoxy) is 1. The summed E-state index contributed by atoms with van der Waals surface area (Å²) in [6, 6.07) is 10.4. The van der Waals surface area contributed by atoms with Gasteiger partial charge in [0.1, 0.15) is 11.4 Å². The minimum absolute atomic E-state index is 0.0497. The van der Waals surface area contributed by atoms with E-state index in [4.69, 9.17) is 4.74 Å². The van der Waals surface area contributed by atoms with Crippen molar-refractivity contribution in [2.24, 2.45) is 0 Å². The van der Waals surface area contributed by atoms with E-state index in [9.17, 15) is 14.7 Å². The van der Waals surface area contributed by atoms with Crippen molar-refractivity contribution in [3.8, 4) is 5.75 Å². The van der Waals surface area contributed by atoms with Crippen LogP contribution in [0.15, 0.2) is 36.4 Å². The topological polar surface area (TPSA) is 88.5 Å². The van der Waals surface area contributed by atoms with Crippen LogP contribution in [0.1, 0.15) is 32.1 Å². The van der Waals surface area contributed by atoms with E-state index in [0.717, 1.165) is 11.3 Å². The van der Waals surface area contributed by atoms with Gasteiger partial charge in [-0.25, -0.2) is 9.78 Å². The van der Waals surface area contributed by atoms with Gasteiger partial charge in [0.15, 0.2) is 0 Å². The van der Waals surface area contributed by atoms with Gasteiger partial charge in [0.2, 0.25) is 0 Å². The Bertz CT molecular complexity index is 728. The molecule has 1 amide bonds. The average molecular weight is 314 g/mol. The molecule has 0 fully saturated rings. The van der Waals surface area contributed by atoms with Crippen molar-refractivity contribution in [2.45, 2.75) is 12.8 Å². The molecule has 0 saturated heterocycles. The molecule has 0 spiro atoms. The normalized spacial score (nSPS) is 10.2. The predicted octanol–water partition coefficient (Wildman–Crippen LogP) is 1.93. The highest BCUT2D eigenvalue weighted by molar-refractivity contribution is 5.95. The highest BCUT2D eigenvalue weighted by Crippen LogP contribution is 2.19. The molecule has 0 aliphatic carbocycles. The fourth-order valence-electron chi connectivity index (χ4n) is 2.26. The summed E-state index contributed by atoms with van der Waals surface area (Å²) in [6.07, 6.45) is 1.14. The maximum Gasteiger partial charge on any atom is 0.335 e. The molecule has 2 aromatic rings. The molecule has 6 nitrogen and oxygen atoms in total. The van der Waals surface area contributed by atoms with Crippen LogP contribution in [-0.4, -0.2) is 36.1 Å². The molecule has 0 aliphatic rings. The van der Waals surface area contributed by atoms with E-state index < -0.39 is 11.9 Å². The Hall–Kier alpha value is -2.89. The predicted molar refractivity (Wildman–Crippen MR) is 85.0 cm³/mol. The maximum absolute atomic E-state index is 11.7. The lowest BCUT2D eigenvalue weighted by Gasteiger charge is -2.09. The van der Waals surface area contributed by atoms with Gasteiger partial charge in [-0.1, -0.05) is 18.2 Å². The highest BCUT2D eigenvalue weighted by Gasteiger charge is 2.13. The van der Waals surface area contributed by atoms with E-state index in [1.54, 1.807) is 7.11 Å². The van der Waals surface area contributed by atoms with Crippen LogP contribution in [0.5, 0.6) is 5.75 Å². The van der Waals surface area contributed by atoms with Gasteiger partial charge < -0.3 is 15.2 Å². The van der Waals surface area contributed by atoms with Crippen molar-refractivity contribution in [3.63, 3.8) is 0 Å². The SMILES string of the molecule is CNC(=O)c1cc(C(=O)O)cc(CCc2ccccc2OC)n1. The maximum atomic E-state index is 11.7. The zero-order chi connectivity index (χ0) is 16.8. The summed E-state index contributed by atoms with van der Waals surface area (Å²) < 4.78 is 5.30. The second-order valence-corrected chi connectivity index (χ2v) is 4.93. The number of carboxylic acid groups (broad SMARTS) is 1. The number of rotatable bonds is 6. The van der Waals surface area contributed by atoms with Crippen LogP contribution in [0.4, 0.5) is 0 Å². The van der Waals surface area contributed by atoms with Crippen LogP contribution in [-0.2, 0) is 12.8 Å². The molecule has 2 rings (SSSR count). The van der Waals surface area contributed by atoms with Crippen molar-refractivity contribution >= 4 is 11.9 Å². The lowest BCUT2D eigenvalue weighted by atomic mass is 10.0. The molecule has 1 heterocycles. The minimum atomic E-state index is -1.09. The molecule has 23 heavy (non-hydrogen) atoms. The Kier molecular flexibility index (Phi) is 5.30. The molecule has 0 bridgehead atoms. The number of para-hydroxylation sites is 1. The van der Waals surface area contributed by atoms with Crippen LogP contribution in [0.25, 0.3) is 0 Å². The Morgan fingerprint density at radius 2 is 1.96 bits per heavy atom. The molecule has 1 aromatic carbocycles. The van der Waals surface area contributed by atoms with E-state index in [2.05, 4.69) is 10.3 Å². The molecule has 0 saturated carbocycles. The summed E-state index contributed by atoms with van der Waals surface area (Å²) in [6.45, 7) is 0. The van der Waals surface area contributed by atoms with E-state index in [1.165, 1.54) is 19.2 Å². The van der Waals surface area contributed by atoms with E-state index >= 15 is 0 Å². The molecule has 120 valence electrons. The van der Waals surface area contributed by atoms with E-state index in [0.29, 0.717) is 18.5 Å². The number of hydrogen-bond donors (Lipinski definition) is 2. The van der Waals surface area contributed by atoms with Crippen LogP contribution < -0.4 is 10.1 Å². The first-order chi connectivity index (χ1) is 11.0. The van der Waals surface area contributed by atoms with Gasteiger partial charge in [0.25, 0.3) is 5.91 Å². The van der Waals surface area contributed by atoms with Gasteiger partial charge in [-0.3, -0.25) is 4.79 Å². The number of nitrogens with one attached hydrogen (secondary N) is 1. The number of aromatic carboxylic acids is 1. The number of hydrogen-bond acceptors (Lipinski definition) is 4. The third kappa shape index (κ3) is 4.06. The third-order valence-electron chi connectivity index (χ3n) is 3.43. The van der Waals surface area contributed by atoms with Crippen LogP contribution >= 0.6 is 0 Å². The lowest BCUT2D eigenvalue weighted by molar-refractivity contribution is 0.0696. The fraction of sp³-hybridized carbons (Fsp3) is 0.235. The smallest absolute Gasteiger partial charge is 0.335 e. The van der Waals surface area contributed by atoms with Crippen molar-refractivity contribution in [2.75, 3.05) is 14.2 Å². The number of benzene rings is 1. The summed E-state index contributed by atoms with van der Waals surface area (Å²) >= 11 is 0. The van der Waals surface area contributed by atoms with Crippen LogP contribution in [0.3, 0.4) is 0 Å². The van der Waals surface area contributed by atoms with E-state index in [1.807, 2.05) is 24.3 Å². The summed E-state index contributed by atoms with van der Waals surface area (Å²) in [4.78, 5) is 27.2. The second-order valence-electron chi connectivity index (χ2n) is 4.93. The van der Waals surface area contributed by atoms with Gasteiger partial charge in [0, 0.05) is 12.7 Å². The van der Waals surface area contributed by atoms with Gasteiger partial charge in [-0.15, -0.1) is 0 Å². The lowest BCUT2D eigenvalue weighted by Crippen LogP contribution is -2.20. The number of carbonyl (C=O) groups excluding carboxylic acids is 1. The molecular formula is C17H18N2O4. The number of pyridine rings is 1. The molecule has 6 heteroatoms. The molecule has 1 aromatic heterocycles. The zero-order valence-corrected chi connectivity index (χ0v) is 13.0. The Morgan fingerprint density at radius 3 is 2.61 bits per heavy atom. The number of nitrogens with zero attached hydrogens (tertiary/aromatic N) is 1. The summed E-state index contributed by atoms with van der Waals surface area (Å²) in [5, 5.41) is 11.6. The Labute approximate surface area is 134 Å². The Balaban J connectivity index is 2.26. The van der Waals surface area contributed by atoms with Crippen molar-refractivity contribution in [3.05, 3.63) is 58.9 Å². The molecule has 0 radical (unpaired) electrons. The summed E-state index contributed by atoms with van der Waals surface area (Å²) in [5.74, 6) is -0.726. The number of aromatic nitrogens is 1. The number of carboxylic acids is 1. The van der Waals surface area contributed by atoms with Gasteiger partial charge in [-0.2, -0.15) is 0 Å². The standard InChI is InChI=1S/C17H18N2O4/c1-18-16(20)14-10-12(17(21)22)9-13(19-14)8-7-11-5-3-4-6-15(11)23-2/h3-6,9-10H,7-8H2,1-2H3,(H,18,20)(H,21,22). The molecule has 0 unspecified atom stereocenters. The monoisotopic (exact) mass is 314 g/mol. The fourth-order valence-corrected chi connectivity index (χ4v) is 2.26. The number of carbonyl (C=O) groups is 2. The third-order valence-corrected chi connectivity index (χ3v) is 3.43. The number of methoxy groups -OCH3 is 1. The van der Waals surface area contributed by atoms with Crippen molar-refractivity contribution in [1.29, 1.82) is 0 Å². The molecule has 2 N–H and O–H groups in total. The second kappa shape index (κ2) is 7.40. The zero-order valence-electron chi connectivity index (χ0n) is 13.0. The van der Waals surface area contributed by atoms with E-state index in [-0.39, 0.29) is 11.3 Å². The van der Waals surface area contributed by atoms with Gasteiger partial charge in [0.05, 0.1) is 12.7 Å². The average Bonchev–Trinajstić information content (AvgIpc) is 2.59. The first-order valence-electron chi connectivity index (χ1n) is 7.13. The molecule has 0 aliphatic heterocycles. The van der Waals surface area contributed by atoms with Crippen molar-refractivity contribution < 1.29 is 19.4 Å². The number of aryl methyl sites for hydroxylation is 2. The first kappa shape index (κ1) is 16.5. The molecule has 0 atom stereocenters. The first-order valence-corrected chi connectivity index (χ1v) is 7.13. The van der Waals surface area contributed by atoms with Crippen LogP contribution in [0, 0.1) is 0 Å². The Morgan fingerprint density at radius 1 is 1.22 bits per heavy atom. The largest absolute Gasteiger partial charge is 0.496 e. The molecular weight excluding hydrogens is 296 g/mol. The highest BCUT2D eigenvalue weighted by atomic mass is 16.5. The summed E-state index contributed by atoms with van der Waals surface area (Å²) in [7, 11) is 3.08. The number of amides is 1. The van der Waals surface area contributed by atoms with Crippen LogP contribution in [0.2, 0.25) is 0 Å². The summed E-state index contributed by atoms with van der Waals surface area (Å²) in [5.41, 5.74) is 1.70. The minimum Gasteiger partial charge on any atom is -0.496 e.